The second kappa shape index (κ2) is 8.82. The molecule has 1 amide bonds. The van der Waals surface area contributed by atoms with E-state index in [2.05, 4.69) is 10.5 Å². The molecule has 3 aromatic rings. The average molecular weight is 419 g/mol. The molecule has 1 N–H and O–H groups in total. The number of nitrogens with one attached hydrogen (secondary N) is 1. The fourth-order valence-electron chi connectivity index (χ4n) is 2.45. The van der Waals surface area contributed by atoms with Gasteiger partial charge in [-0.05, 0) is 48.5 Å². The lowest BCUT2D eigenvalue weighted by atomic mass is 10.2. The Balaban J connectivity index is 1.69. The van der Waals surface area contributed by atoms with Crippen LogP contribution in [-0.2, 0) is 0 Å². The molecule has 0 saturated carbocycles. The Morgan fingerprint density at radius 3 is 2.57 bits per heavy atom. The molecule has 6 nitrogen and oxygen atoms in total. The monoisotopic (exact) mass is 418 g/mol. The standard InChI is InChI=1S/C20H16Cl2N2O4/c1-26-18-7-3-12(9-19(18)27-2)20(25)24-23-11-14-5-8-17(28-14)15-10-13(21)4-6-16(15)22/h3-11H,1-2H3,(H,24,25). The minimum atomic E-state index is -0.401. The number of carbonyl (C=O) groups excluding carboxylic acids is 1. The van der Waals surface area contributed by atoms with Crippen LogP contribution in [0.3, 0.4) is 0 Å². The van der Waals surface area contributed by atoms with Crippen LogP contribution < -0.4 is 14.9 Å². The number of carbonyl (C=O) groups is 1. The Kier molecular flexibility index (Phi) is 6.23. The molecule has 1 heterocycles. The minimum Gasteiger partial charge on any atom is -0.493 e. The maximum atomic E-state index is 12.2. The van der Waals surface area contributed by atoms with E-state index in [1.165, 1.54) is 20.4 Å². The molecule has 0 aliphatic rings. The van der Waals surface area contributed by atoms with E-state index in [0.717, 1.165) is 0 Å². The van der Waals surface area contributed by atoms with Gasteiger partial charge in [-0.15, -0.1) is 0 Å². The van der Waals surface area contributed by atoms with Gasteiger partial charge in [0.05, 0.1) is 25.5 Å². The van der Waals surface area contributed by atoms with E-state index in [0.29, 0.717) is 44.2 Å². The molecule has 1 aromatic heterocycles. The Hall–Kier alpha value is -2.96. The Labute approximate surface area is 171 Å². The van der Waals surface area contributed by atoms with Gasteiger partial charge in [0.1, 0.15) is 11.5 Å². The maximum Gasteiger partial charge on any atom is 0.271 e. The van der Waals surface area contributed by atoms with E-state index >= 15 is 0 Å². The molecule has 0 fully saturated rings. The number of hydrazone groups is 1. The fraction of sp³-hybridized carbons (Fsp3) is 0.100. The van der Waals surface area contributed by atoms with E-state index in [-0.39, 0.29) is 0 Å². The van der Waals surface area contributed by atoms with Crippen LogP contribution in [0.15, 0.2) is 58.0 Å². The second-order valence-corrected chi connectivity index (χ2v) is 6.44. The molecule has 0 bridgehead atoms. The highest BCUT2D eigenvalue weighted by Gasteiger charge is 2.11. The van der Waals surface area contributed by atoms with Gasteiger partial charge in [-0.1, -0.05) is 23.2 Å². The third-order valence-corrected chi connectivity index (χ3v) is 4.39. The Morgan fingerprint density at radius 1 is 1.04 bits per heavy atom. The number of amides is 1. The smallest absolute Gasteiger partial charge is 0.271 e. The van der Waals surface area contributed by atoms with Gasteiger partial charge in [-0.25, -0.2) is 5.43 Å². The third-order valence-electron chi connectivity index (χ3n) is 3.82. The summed E-state index contributed by atoms with van der Waals surface area (Å²) < 4.78 is 16.0. The molecule has 0 aliphatic carbocycles. The van der Waals surface area contributed by atoms with Crippen molar-refractivity contribution in [2.45, 2.75) is 0 Å². The molecule has 0 radical (unpaired) electrons. The van der Waals surface area contributed by atoms with Gasteiger partial charge < -0.3 is 13.9 Å². The van der Waals surface area contributed by atoms with Crippen LogP contribution in [0.25, 0.3) is 11.3 Å². The van der Waals surface area contributed by atoms with Crippen LogP contribution in [0.2, 0.25) is 10.0 Å². The van der Waals surface area contributed by atoms with Crippen molar-refractivity contribution >= 4 is 35.3 Å². The summed E-state index contributed by atoms with van der Waals surface area (Å²) in [5.41, 5.74) is 3.48. The lowest BCUT2D eigenvalue weighted by Gasteiger charge is -2.08. The molecule has 0 saturated heterocycles. The number of nitrogens with zero attached hydrogens (tertiary/aromatic N) is 1. The van der Waals surface area contributed by atoms with Crippen LogP contribution >= 0.6 is 23.2 Å². The van der Waals surface area contributed by atoms with Gasteiger partial charge >= 0.3 is 0 Å². The average Bonchev–Trinajstić information content (AvgIpc) is 3.17. The topological polar surface area (TPSA) is 73.1 Å². The number of methoxy groups -OCH3 is 2. The highest BCUT2D eigenvalue weighted by molar-refractivity contribution is 6.35. The minimum absolute atomic E-state index is 0.376. The molecule has 2 aromatic carbocycles. The van der Waals surface area contributed by atoms with E-state index in [1.807, 2.05) is 0 Å². The molecular weight excluding hydrogens is 403 g/mol. The summed E-state index contributed by atoms with van der Waals surface area (Å²) in [6.07, 6.45) is 1.39. The van der Waals surface area contributed by atoms with E-state index in [4.69, 9.17) is 37.1 Å². The zero-order valence-corrected chi connectivity index (χ0v) is 16.5. The quantitative estimate of drug-likeness (QED) is 0.449. The molecule has 8 heteroatoms. The number of halogens is 2. The largest absolute Gasteiger partial charge is 0.493 e. The maximum absolute atomic E-state index is 12.2. The Bertz CT molecular complexity index is 1030. The van der Waals surface area contributed by atoms with Crippen molar-refractivity contribution in [1.29, 1.82) is 0 Å². The first-order chi connectivity index (χ1) is 13.5. The summed E-state index contributed by atoms with van der Waals surface area (Å²) >= 11 is 12.2. The fourth-order valence-corrected chi connectivity index (χ4v) is 2.83. The summed E-state index contributed by atoms with van der Waals surface area (Å²) in [6.45, 7) is 0. The van der Waals surface area contributed by atoms with Gasteiger partial charge in [-0.3, -0.25) is 4.79 Å². The summed E-state index contributed by atoms with van der Waals surface area (Å²) in [4.78, 5) is 12.2. The van der Waals surface area contributed by atoms with E-state index in [9.17, 15) is 4.79 Å². The first-order valence-electron chi connectivity index (χ1n) is 8.12. The Morgan fingerprint density at radius 2 is 1.82 bits per heavy atom. The van der Waals surface area contributed by atoms with Crippen molar-refractivity contribution in [2.75, 3.05) is 14.2 Å². The lowest BCUT2D eigenvalue weighted by molar-refractivity contribution is 0.0954. The van der Waals surface area contributed by atoms with Crippen LogP contribution in [-0.4, -0.2) is 26.3 Å². The summed E-state index contributed by atoms with van der Waals surface area (Å²) in [6, 6.07) is 13.4. The van der Waals surface area contributed by atoms with Crippen molar-refractivity contribution in [2.24, 2.45) is 5.10 Å². The summed E-state index contributed by atoms with van der Waals surface area (Å²) in [5, 5.41) is 4.98. The molecule has 28 heavy (non-hydrogen) atoms. The summed E-state index contributed by atoms with van der Waals surface area (Å²) in [7, 11) is 3.02. The van der Waals surface area contributed by atoms with Crippen molar-refractivity contribution in [3.63, 3.8) is 0 Å². The number of benzene rings is 2. The van der Waals surface area contributed by atoms with Crippen LogP contribution in [0.1, 0.15) is 16.1 Å². The van der Waals surface area contributed by atoms with Gasteiger partial charge in [-0.2, -0.15) is 5.10 Å². The second-order valence-electron chi connectivity index (χ2n) is 5.60. The van der Waals surface area contributed by atoms with Crippen LogP contribution in [0, 0.1) is 0 Å². The highest BCUT2D eigenvalue weighted by atomic mass is 35.5. The number of furan rings is 1. The predicted octanol–water partition coefficient (Wildman–Crippen LogP) is 5.03. The zero-order chi connectivity index (χ0) is 20.1. The number of hydrogen-bond acceptors (Lipinski definition) is 5. The molecule has 0 spiro atoms. The first kappa shape index (κ1) is 19.8. The molecule has 3 rings (SSSR count). The van der Waals surface area contributed by atoms with E-state index in [1.54, 1.807) is 48.5 Å². The van der Waals surface area contributed by atoms with Crippen molar-refractivity contribution < 1.29 is 18.7 Å². The first-order valence-corrected chi connectivity index (χ1v) is 8.88. The van der Waals surface area contributed by atoms with Gasteiger partial charge in [0.25, 0.3) is 5.91 Å². The third kappa shape index (κ3) is 4.47. The molecule has 0 aliphatic heterocycles. The van der Waals surface area contributed by atoms with Crippen molar-refractivity contribution in [3.8, 4) is 22.8 Å². The van der Waals surface area contributed by atoms with Crippen molar-refractivity contribution in [3.05, 3.63) is 69.9 Å². The lowest BCUT2D eigenvalue weighted by Crippen LogP contribution is -2.17. The SMILES string of the molecule is COc1ccc(C(=O)NN=Cc2ccc(-c3cc(Cl)ccc3Cl)o2)cc1OC. The van der Waals surface area contributed by atoms with Crippen molar-refractivity contribution in [1.82, 2.24) is 5.43 Å². The van der Waals surface area contributed by atoms with Crippen LogP contribution in [0.5, 0.6) is 11.5 Å². The highest BCUT2D eigenvalue weighted by Crippen LogP contribution is 2.31. The summed E-state index contributed by atoms with van der Waals surface area (Å²) in [5.74, 6) is 1.57. The number of ether oxygens (including phenoxy) is 2. The number of rotatable bonds is 6. The van der Waals surface area contributed by atoms with Gasteiger partial charge in [0.2, 0.25) is 0 Å². The molecule has 0 atom stereocenters. The molecular formula is C20H16Cl2N2O4. The molecule has 144 valence electrons. The van der Waals surface area contributed by atoms with Gasteiger partial charge in [0, 0.05) is 16.1 Å². The van der Waals surface area contributed by atoms with Gasteiger partial charge in [0.15, 0.2) is 11.5 Å². The molecule has 0 unspecified atom stereocenters. The number of hydrogen-bond donors (Lipinski definition) is 1. The predicted molar refractivity (Wildman–Crippen MR) is 109 cm³/mol. The zero-order valence-electron chi connectivity index (χ0n) is 15.0. The van der Waals surface area contributed by atoms with Crippen LogP contribution in [0.4, 0.5) is 0 Å². The van der Waals surface area contributed by atoms with E-state index < -0.39 is 5.91 Å². The normalized spacial score (nSPS) is 10.9.